The minimum atomic E-state index is -4.51. The van der Waals surface area contributed by atoms with E-state index >= 15 is 0 Å². The highest BCUT2D eigenvalue weighted by Gasteiger charge is 2.33. The number of aromatic amines is 1. The second-order valence-corrected chi connectivity index (χ2v) is 3.22. The topological polar surface area (TPSA) is 58.6 Å². The Morgan fingerprint density at radius 1 is 1.29 bits per heavy atom. The third-order valence-electron chi connectivity index (χ3n) is 2.08. The first kappa shape index (κ1) is 11.3. The van der Waals surface area contributed by atoms with E-state index in [9.17, 15) is 18.0 Å². The van der Waals surface area contributed by atoms with Gasteiger partial charge in [-0.05, 0) is 6.07 Å². The fraction of sp³-hybridized carbons (Fsp3) is 0.100. The molecule has 0 spiro atoms. The maximum atomic E-state index is 12.7. The smallest absolute Gasteiger partial charge is 0.313 e. The molecular formula is C10H6F3N3O. The average molecular weight is 241 g/mol. The predicted molar refractivity (Wildman–Crippen MR) is 53.1 cm³/mol. The van der Waals surface area contributed by atoms with E-state index in [0.717, 1.165) is 30.9 Å². The molecule has 0 atom stereocenters. The molecule has 0 aliphatic carbocycles. The van der Waals surface area contributed by atoms with Gasteiger partial charge in [0, 0.05) is 24.0 Å². The van der Waals surface area contributed by atoms with Gasteiger partial charge >= 0.3 is 6.18 Å². The van der Waals surface area contributed by atoms with Gasteiger partial charge in [0.25, 0.3) is 5.56 Å². The molecule has 0 bridgehead atoms. The molecule has 2 rings (SSSR count). The number of hydrogen-bond acceptors (Lipinski definition) is 3. The first-order valence-electron chi connectivity index (χ1n) is 4.55. The van der Waals surface area contributed by atoms with Gasteiger partial charge in [-0.2, -0.15) is 13.2 Å². The van der Waals surface area contributed by atoms with Gasteiger partial charge in [-0.1, -0.05) is 0 Å². The Hall–Kier alpha value is -2.18. The molecule has 0 aliphatic heterocycles. The molecular weight excluding hydrogens is 235 g/mol. The molecule has 0 fully saturated rings. The van der Waals surface area contributed by atoms with Crippen LogP contribution in [0, 0.1) is 0 Å². The highest BCUT2D eigenvalue weighted by molar-refractivity contribution is 5.62. The summed E-state index contributed by atoms with van der Waals surface area (Å²) in [7, 11) is 0. The number of H-pyrrole nitrogens is 1. The molecule has 0 saturated carbocycles. The van der Waals surface area contributed by atoms with Crippen LogP contribution in [0.1, 0.15) is 5.56 Å². The first-order valence-corrected chi connectivity index (χ1v) is 4.55. The predicted octanol–water partition coefficient (Wildman–Crippen LogP) is 1.85. The van der Waals surface area contributed by atoms with Crippen LogP contribution >= 0.6 is 0 Å². The highest BCUT2D eigenvalue weighted by atomic mass is 19.4. The molecule has 2 aromatic rings. The number of nitrogens with one attached hydrogen (secondary N) is 1. The van der Waals surface area contributed by atoms with E-state index in [1.165, 1.54) is 0 Å². The fourth-order valence-corrected chi connectivity index (χ4v) is 1.36. The number of alkyl halides is 3. The van der Waals surface area contributed by atoms with Crippen molar-refractivity contribution in [3.8, 4) is 11.3 Å². The Morgan fingerprint density at radius 2 is 2.06 bits per heavy atom. The summed E-state index contributed by atoms with van der Waals surface area (Å²) in [6.07, 6.45) is -1.39. The van der Waals surface area contributed by atoms with Gasteiger partial charge in [-0.3, -0.25) is 9.78 Å². The van der Waals surface area contributed by atoms with E-state index in [-0.39, 0.29) is 11.3 Å². The number of hydrogen-bond donors (Lipinski definition) is 1. The van der Waals surface area contributed by atoms with Crippen molar-refractivity contribution in [3.63, 3.8) is 0 Å². The quantitative estimate of drug-likeness (QED) is 0.828. The lowest BCUT2D eigenvalue weighted by Gasteiger charge is -2.10. The normalized spacial score (nSPS) is 11.5. The molecule has 0 amide bonds. The summed E-state index contributed by atoms with van der Waals surface area (Å²) in [6, 6.07) is 1.84. The molecule has 2 aromatic heterocycles. The van der Waals surface area contributed by atoms with E-state index in [0.29, 0.717) is 0 Å². The van der Waals surface area contributed by atoms with E-state index in [4.69, 9.17) is 0 Å². The van der Waals surface area contributed by atoms with Crippen LogP contribution in [-0.2, 0) is 6.18 Å². The van der Waals surface area contributed by atoms with Gasteiger partial charge in [0.05, 0.1) is 17.6 Å². The third kappa shape index (κ3) is 2.32. The van der Waals surface area contributed by atoms with Crippen molar-refractivity contribution in [3.05, 3.63) is 46.8 Å². The Balaban J connectivity index is 2.64. The maximum Gasteiger partial charge on any atom is 0.417 e. The molecule has 4 nitrogen and oxygen atoms in total. The van der Waals surface area contributed by atoms with Crippen LogP contribution in [0.4, 0.5) is 13.2 Å². The lowest BCUT2D eigenvalue weighted by Crippen LogP contribution is -2.10. The molecule has 0 unspecified atom stereocenters. The van der Waals surface area contributed by atoms with Gasteiger partial charge in [0.1, 0.15) is 0 Å². The zero-order chi connectivity index (χ0) is 12.5. The zero-order valence-electron chi connectivity index (χ0n) is 8.32. The van der Waals surface area contributed by atoms with Crippen molar-refractivity contribution in [1.82, 2.24) is 15.0 Å². The van der Waals surface area contributed by atoms with Crippen molar-refractivity contribution in [1.29, 1.82) is 0 Å². The lowest BCUT2D eigenvalue weighted by atomic mass is 10.1. The zero-order valence-corrected chi connectivity index (χ0v) is 8.32. The highest BCUT2D eigenvalue weighted by Crippen LogP contribution is 2.35. The Kier molecular flexibility index (Phi) is 2.66. The van der Waals surface area contributed by atoms with E-state index in [2.05, 4.69) is 15.0 Å². The third-order valence-corrected chi connectivity index (χ3v) is 2.08. The summed E-state index contributed by atoms with van der Waals surface area (Å²) in [5, 5.41) is 0. The Bertz CT molecular complexity index is 592. The minimum Gasteiger partial charge on any atom is -0.313 e. The average Bonchev–Trinajstić information content (AvgIpc) is 2.28. The summed E-state index contributed by atoms with van der Waals surface area (Å²) in [5.41, 5.74) is -1.67. The van der Waals surface area contributed by atoms with Crippen LogP contribution in [0.5, 0.6) is 0 Å². The first-order chi connectivity index (χ1) is 7.98. The Morgan fingerprint density at radius 3 is 2.71 bits per heavy atom. The molecule has 17 heavy (non-hydrogen) atoms. The number of halogens is 3. The summed E-state index contributed by atoms with van der Waals surface area (Å²) < 4.78 is 38.1. The van der Waals surface area contributed by atoms with Crippen molar-refractivity contribution in [2.75, 3.05) is 0 Å². The van der Waals surface area contributed by atoms with Crippen molar-refractivity contribution < 1.29 is 13.2 Å². The van der Waals surface area contributed by atoms with Gasteiger partial charge in [-0.25, -0.2) is 4.98 Å². The van der Waals surface area contributed by atoms with Gasteiger partial charge < -0.3 is 4.98 Å². The molecule has 1 N–H and O–H groups in total. The number of pyridine rings is 1. The summed E-state index contributed by atoms with van der Waals surface area (Å²) >= 11 is 0. The molecule has 0 aromatic carbocycles. The molecule has 2 heterocycles. The van der Waals surface area contributed by atoms with E-state index in [1.807, 2.05) is 0 Å². The number of aromatic nitrogens is 3. The van der Waals surface area contributed by atoms with Crippen LogP contribution in [-0.4, -0.2) is 15.0 Å². The largest absolute Gasteiger partial charge is 0.417 e. The van der Waals surface area contributed by atoms with Crippen LogP contribution in [0.25, 0.3) is 11.3 Å². The summed E-state index contributed by atoms with van der Waals surface area (Å²) in [6.45, 7) is 0. The van der Waals surface area contributed by atoms with Gasteiger partial charge in [0.2, 0.25) is 0 Å². The second kappa shape index (κ2) is 4.00. The summed E-state index contributed by atoms with van der Waals surface area (Å²) in [4.78, 5) is 20.6. The second-order valence-electron chi connectivity index (χ2n) is 3.22. The SMILES string of the molecule is O=c1cc(-c2cnccc2C(F)(F)F)nc[nH]1. The standard InChI is InChI=1S/C10H6F3N3O/c11-10(12,13)7-1-2-14-4-6(7)8-3-9(17)16-5-15-8/h1-5H,(H,15,16,17). The van der Waals surface area contributed by atoms with Crippen LogP contribution < -0.4 is 5.56 Å². The lowest BCUT2D eigenvalue weighted by molar-refractivity contribution is -0.137. The molecule has 7 heteroatoms. The fourth-order valence-electron chi connectivity index (χ4n) is 1.36. The van der Waals surface area contributed by atoms with E-state index < -0.39 is 17.3 Å². The van der Waals surface area contributed by atoms with Crippen LogP contribution in [0.3, 0.4) is 0 Å². The van der Waals surface area contributed by atoms with E-state index in [1.54, 1.807) is 0 Å². The monoisotopic (exact) mass is 241 g/mol. The number of nitrogens with zero attached hydrogens (tertiary/aromatic N) is 2. The van der Waals surface area contributed by atoms with Crippen LogP contribution in [0.2, 0.25) is 0 Å². The molecule has 0 saturated heterocycles. The van der Waals surface area contributed by atoms with Crippen molar-refractivity contribution in [2.24, 2.45) is 0 Å². The Labute approximate surface area is 93.2 Å². The van der Waals surface area contributed by atoms with Gasteiger partial charge in [0.15, 0.2) is 0 Å². The van der Waals surface area contributed by atoms with Gasteiger partial charge in [-0.15, -0.1) is 0 Å². The van der Waals surface area contributed by atoms with Crippen LogP contribution in [0.15, 0.2) is 35.6 Å². The molecule has 88 valence electrons. The van der Waals surface area contributed by atoms with Crippen molar-refractivity contribution in [2.45, 2.75) is 6.18 Å². The number of rotatable bonds is 1. The molecule has 0 aliphatic rings. The molecule has 0 radical (unpaired) electrons. The maximum absolute atomic E-state index is 12.7. The van der Waals surface area contributed by atoms with Crippen molar-refractivity contribution >= 4 is 0 Å². The minimum absolute atomic E-state index is 0.0609. The summed E-state index contributed by atoms with van der Waals surface area (Å²) in [5.74, 6) is 0.